The van der Waals surface area contributed by atoms with Crippen LogP contribution in [0.1, 0.15) is 52.4 Å². The molecule has 0 saturated heterocycles. The van der Waals surface area contributed by atoms with E-state index in [0.29, 0.717) is 6.42 Å². The molecule has 0 aliphatic heterocycles. The van der Waals surface area contributed by atoms with Crippen molar-refractivity contribution in [3.63, 3.8) is 0 Å². The second-order valence-electron chi connectivity index (χ2n) is 4.63. The van der Waals surface area contributed by atoms with E-state index in [-0.39, 0.29) is 17.5 Å². The number of carbonyl (C=O) groups is 1. The van der Waals surface area contributed by atoms with Crippen LogP contribution < -0.4 is 11.1 Å². The Kier molecular flexibility index (Phi) is 3.93. The SMILES string of the molecule is CC[C@H](N)C(=O)NC1(C)CCCCC1. The van der Waals surface area contributed by atoms with Crippen LogP contribution in [0.25, 0.3) is 0 Å². The third kappa shape index (κ3) is 2.98. The Balaban J connectivity index is 2.44. The summed E-state index contributed by atoms with van der Waals surface area (Å²) < 4.78 is 0. The first-order valence-corrected chi connectivity index (χ1v) is 5.65. The Labute approximate surface area is 86.4 Å². The highest BCUT2D eigenvalue weighted by Gasteiger charge is 2.29. The van der Waals surface area contributed by atoms with Crippen LogP contribution in [0.4, 0.5) is 0 Å². The molecular formula is C11H22N2O. The van der Waals surface area contributed by atoms with Gasteiger partial charge in [0, 0.05) is 5.54 Å². The second kappa shape index (κ2) is 4.78. The van der Waals surface area contributed by atoms with Gasteiger partial charge in [-0.25, -0.2) is 0 Å². The lowest BCUT2D eigenvalue weighted by Gasteiger charge is -2.35. The van der Waals surface area contributed by atoms with E-state index in [2.05, 4.69) is 12.2 Å². The Hall–Kier alpha value is -0.570. The summed E-state index contributed by atoms with van der Waals surface area (Å²) in [7, 11) is 0. The Morgan fingerprint density at radius 3 is 2.50 bits per heavy atom. The Morgan fingerprint density at radius 2 is 2.00 bits per heavy atom. The van der Waals surface area contributed by atoms with Crippen LogP contribution >= 0.6 is 0 Å². The molecule has 0 heterocycles. The fraction of sp³-hybridized carbons (Fsp3) is 0.909. The quantitative estimate of drug-likeness (QED) is 0.723. The third-order valence-corrected chi connectivity index (χ3v) is 3.16. The molecular weight excluding hydrogens is 176 g/mol. The average Bonchev–Trinajstić information content (AvgIpc) is 2.17. The van der Waals surface area contributed by atoms with Crippen molar-refractivity contribution in [1.82, 2.24) is 5.32 Å². The maximum absolute atomic E-state index is 11.6. The molecule has 3 nitrogen and oxygen atoms in total. The molecule has 1 amide bonds. The van der Waals surface area contributed by atoms with Crippen molar-refractivity contribution in [1.29, 1.82) is 0 Å². The molecule has 3 N–H and O–H groups in total. The van der Waals surface area contributed by atoms with Gasteiger partial charge in [0.25, 0.3) is 0 Å². The van der Waals surface area contributed by atoms with Crippen molar-refractivity contribution < 1.29 is 4.79 Å². The summed E-state index contributed by atoms with van der Waals surface area (Å²) in [6.45, 7) is 4.07. The standard InChI is InChI=1S/C11H22N2O/c1-3-9(12)10(14)13-11(2)7-5-4-6-8-11/h9H,3-8,12H2,1-2H3,(H,13,14)/t9-/m0/s1. The second-order valence-corrected chi connectivity index (χ2v) is 4.63. The largest absolute Gasteiger partial charge is 0.350 e. The lowest BCUT2D eigenvalue weighted by molar-refractivity contribution is -0.124. The van der Waals surface area contributed by atoms with Crippen molar-refractivity contribution in [2.75, 3.05) is 0 Å². The van der Waals surface area contributed by atoms with Gasteiger partial charge in [-0.2, -0.15) is 0 Å². The molecule has 0 aromatic rings. The van der Waals surface area contributed by atoms with E-state index in [1.54, 1.807) is 0 Å². The van der Waals surface area contributed by atoms with Crippen LogP contribution in [0.2, 0.25) is 0 Å². The van der Waals surface area contributed by atoms with Crippen LogP contribution in [-0.2, 0) is 4.79 Å². The van der Waals surface area contributed by atoms with E-state index >= 15 is 0 Å². The highest BCUT2D eigenvalue weighted by atomic mass is 16.2. The van der Waals surface area contributed by atoms with Crippen molar-refractivity contribution in [2.45, 2.75) is 64.0 Å². The Bertz CT molecular complexity index is 197. The van der Waals surface area contributed by atoms with E-state index in [1.807, 2.05) is 6.92 Å². The minimum atomic E-state index is -0.339. The summed E-state index contributed by atoms with van der Waals surface area (Å²) in [5, 5.41) is 3.08. The highest BCUT2D eigenvalue weighted by molar-refractivity contribution is 5.82. The lowest BCUT2D eigenvalue weighted by Crippen LogP contribution is -2.52. The molecule has 82 valence electrons. The zero-order valence-electron chi connectivity index (χ0n) is 9.31. The number of nitrogens with one attached hydrogen (secondary N) is 1. The maximum Gasteiger partial charge on any atom is 0.237 e. The number of rotatable bonds is 3. The summed E-state index contributed by atoms with van der Waals surface area (Å²) in [4.78, 5) is 11.6. The minimum absolute atomic E-state index is 0.00211. The summed E-state index contributed by atoms with van der Waals surface area (Å²) in [6.07, 6.45) is 6.63. The number of amides is 1. The van der Waals surface area contributed by atoms with Crippen molar-refractivity contribution >= 4 is 5.91 Å². The summed E-state index contributed by atoms with van der Waals surface area (Å²) in [5.41, 5.74) is 5.68. The van der Waals surface area contributed by atoms with Crippen LogP contribution in [0.5, 0.6) is 0 Å². The Morgan fingerprint density at radius 1 is 1.43 bits per heavy atom. The van der Waals surface area contributed by atoms with Crippen LogP contribution in [0.15, 0.2) is 0 Å². The van der Waals surface area contributed by atoms with Gasteiger partial charge in [0.1, 0.15) is 0 Å². The lowest BCUT2D eigenvalue weighted by atomic mass is 9.83. The topological polar surface area (TPSA) is 55.1 Å². The van der Waals surface area contributed by atoms with Crippen LogP contribution in [0, 0.1) is 0 Å². The summed E-state index contributed by atoms with van der Waals surface area (Å²) in [5.74, 6) is 0.0110. The van der Waals surface area contributed by atoms with Gasteiger partial charge in [-0.15, -0.1) is 0 Å². The first kappa shape index (κ1) is 11.5. The zero-order valence-corrected chi connectivity index (χ0v) is 9.31. The fourth-order valence-electron chi connectivity index (χ4n) is 2.03. The first-order chi connectivity index (χ1) is 6.57. The van der Waals surface area contributed by atoms with Gasteiger partial charge in [0.05, 0.1) is 6.04 Å². The van der Waals surface area contributed by atoms with E-state index in [4.69, 9.17) is 5.73 Å². The molecule has 0 unspecified atom stereocenters. The molecule has 1 fully saturated rings. The van der Waals surface area contributed by atoms with Crippen LogP contribution in [0.3, 0.4) is 0 Å². The molecule has 0 radical (unpaired) electrons. The zero-order chi connectivity index (χ0) is 10.6. The maximum atomic E-state index is 11.6. The van der Waals surface area contributed by atoms with Gasteiger partial charge >= 0.3 is 0 Å². The highest BCUT2D eigenvalue weighted by Crippen LogP contribution is 2.27. The summed E-state index contributed by atoms with van der Waals surface area (Å²) in [6, 6.07) is -0.339. The van der Waals surface area contributed by atoms with Crippen molar-refractivity contribution in [3.05, 3.63) is 0 Å². The van der Waals surface area contributed by atoms with Gasteiger partial charge < -0.3 is 11.1 Å². The number of nitrogens with two attached hydrogens (primary N) is 1. The number of carbonyl (C=O) groups excluding carboxylic acids is 1. The monoisotopic (exact) mass is 198 g/mol. The molecule has 0 aromatic heterocycles. The van der Waals surface area contributed by atoms with E-state index in [9.17, 15) is 4.79 Å². The van der Waals surface area contributed by atoms with E-state index in [0.717, 1.165) is 12.8 Å². The molecule has 1 aliphatic rings. The predicted octanol–water partition coefficient (Wildman–Crippen LogP) is 1.56. The molecule has 1 aliphatic carbocycles. The van der Waals surface area contributed by atoms with Crippen molar-refractivity contribution in [3.8, 4) is 0 Å². The molecule has 0 bridgehead atoms. The molecule has 1 rings (SSSR count). The minimum Gasteiger partial charge on any atom is -0.350 e. The van der Waals surface area contributed by atoms with Gasteiger partial charge in [-0.1, -0.05) is 26.2 Å². The first-order valence-electron chi connectivity index (χ1n) is 5.65. The molecule has 14 heavy (non-hydrogen) atoms. The third-order valence-electron chi connectivity index (χ3n) is 3.16. The predicted molar refractivity (Wildman–Crippen MR) is 57.9 cm³/mol. The molecule has 0 spiro atoms. The summed E-state index contributed by atoms with van der Waals surface area (Å²) >= 11 is 0. The van der Waals surface area contributed by atoms with Gasteiger partial charge in [0.2, 0.25) is 5.91 Å². The van der Waals surface area contributed by atoms with E-state index in [1.165, 1.54) is 19.3 Å². The number of hydrogen-bond donors (Lipinski definition) is 2. The number of hydrogen-bond acceptors (Lipinski definition) is 2. The van der Waals surface area contributed by atoms with Crippen LogP contribution in [-0.4, -0.2) is 17.5 Å². The molecule has 0 aromatic carbocycles. The van der Waals surface area contributed by atoms with Gasteiger partial charge in [0.15, 0.2) is 0 Å². The smallest absolute Gasteiger partial charge is 0.237 e. The fourth-order valence-corrected chi connectivity index (χ4v) is 2.03. The van der Waals surface area contributed by atoms with Crippen molar-refractivity contribution in [2.24, 2.45) is 5.73 Å². The molecule has 3 heteroatoms. The van der Waals surface area contributed by atoms with E-state index < -0.39 is 0 Å². The average molecular weight is 198 g/mol. The molecule has 1 saturated carbocycles. The normalized spacial score (nSPS) is 22.8. The van der Waals surface area contributed by atoms with Gasteiger partial charge in [-0.05, 0) is 26.2 Å². The van der Waals surface area contributed by atoms with Gasteiger partial charge in [-0.3, -0.25) is 4.79 Å². The molecule has 1 atom stereocenters.